The molecule has 0 aromatic heterocycles. The first kappa shape index (κ1) is 18.5. The second-order valence-corrected chi connectivity index (χ2v) is 5.88. The van der Waals surface area contributed by atoms with Crippen molar-refractivity contribution in [3.05, 3.63) is 59.4 Å². The SMILES string of the molecule is CCN(CC)C(=O)Oc1ccccc1/C=C1\Oc2cc(OC)ccc2C1=O. The van der Waals surface area contributed by atoms with Crippen molar-refractivity contribution in [1.29, 1.82) is 0 Å². The summed E-state index contributed by atoms with van der Waals surface area (Å²) in [6.07, 6.45) is 1.15. The maximum atomic E-state index is 12.6. The first-order chi connectivity index (χ1) is 13.1. The van der Waals surface area contributed by atoms with E-state index in [1.807, 2.05) is 13.8 Å². The Morgan fingerprint density at radius 2 is 1.89 bits per heavy atom. The Bertz CT molecular complexity index is 899. The van der Waals surface area contributed by atoms with Crippen molar-refractivity contribution in [2.24, 2.45) is 0 Å². The number of carbonyl (C=O) groups is 2. The van der Waals surface area contributed by atoms with Gasteiger partial charge in [0.2, 0.25) is 5.78 Å². The molecule has 1 aliphatic heterocycles. The number of ether oxygens (including phenoxy) is 3. The molecule has 6 nitrogen and oxygen atoms in total. The quantitative estimate of drug-likeness (QED) is 0.743. The Labute approximate surface area is 158 Å². The van der Waals surface area contributed by atoms with E-state index in [4.69, 9.17) is 14.2 Å². The van der Waals surface area contributed by atoms with E-state index >= 15 is 0 Å². The Hall–Kier alpha value is -3.28. The largest absolute Gasteiger partial charge is 0.497 e. The predicted octanol–water partition coefficient (Wildman–Crippen LogP) is 4.15. The van der Waals surface area contributed by atoms with Crippen molar-refractivity contribution in [2.75, 3.05) is 20.2 Å². The summed E-state index contributed by atoms with van der Waals surface area (Å²) >= 11 is 0. The topological polar surface area (TPSA) is 65.1 Å². The highest BCUT2D eigenvalue weighted by atomic mass is 16.6. The number of methoxy groups -OCH3 is 1. The van der Waals surface area contributed by atoms with E-state index in [-0.39, 0.29) is 11.5 Å². The Morgan fingerprint density at radius 3 is 2.59 bits per heavy atom. The van der Waals surface area contributed by atoms with Crippen LogP contribution in [0.4, 0.5) is 4.79 Å². The lowest BCUT2D eigenvalue weighted by Gasteiger charge is -2.18. The molecule has 0 unspecified atom stereocenters. The van der Waals surface area contributed by atoms with Crippen LogP contribution >= 0.6 is 0 Å². The number of rotatable bonds is 5. The molecule has 0 atom stereocenters. The molecular weight excluding hydrogens is 346 g/mol. The highest BCUT2D eigenvalue weighted by Gasteiger charge is 2.28. The summed E-state index contributed by atoms with van der Waals surface area (Å²) in [6.45, 7) is 4.87. The van der Waals surface area contributed by atoms with Gasteiger partial charge >= 0.3 is 6.09 Å². The van der Waals surface area contributed by atoms with Crippen molar-refractivity contribution in [1.82, 2.24) is 4.90 Å². The number of hydrogen-bond donors (Lipinski definition) is 0. The number of benzene rings is 2. The molecule has 1 amide bonds. The molecule has 0 N–H and O–H groups in total. The van der Waals surface area contributed by atoms with Crippen molar-refractivity contribution in [3.8, 4) is 17.2 Å². The minimum absolute atomic E-state index is 0.171. The summed E-state index contributed by atoms with van der Waals surface area (Å²) in [6, 6.07) is 12.1. The number of amides is 1. The van der Waals surface area contributed by atoms with E-state index in [1.165, 1.54) is 0 Å². The summed E-state index contributed by atoms with van der Waals surface area (Å²) in [5.74, 6) is 1.37. The van der Waals surface area contributed by atoms with Crippen molar-refractivity contribution in [2.45, 2.75) is 13.8 Å². The maximum absolute atomic E-state index is 12.6. The average molecular weight is 367 g/mol. The van der Waals surface area contributed by atoms with Crippen LogP contribution in [-0.4, -0.2) is 37.0 Å². The predicted molar refractivity (Wildman–Crippen MR) is 101 cm³/mol. The van der Waals surface area contributed by atoms with Crippen LogP contribution in [0, 0.1) is 0 Å². The van der Waals surface area contributed by atoms with E-state index in [2.05, 4.69) is 0 Å². The number of allylic oxidation sites excluding steroid dienone is 1. The third kappa shape index (κ3) is 3.79. The second kappa shape index (κ2) is 7.95. The van der Waals surface area contributed by atoms with Crippen LogP contribution in [0.5, 0.6) is 17.2 Å². The van der Waals surface area contributed by atoms with Gasteiger partial charge in [0, 0.05) is 24.7 Å². The van der Waals surface area contributed by atoms with Gasteiger partial charge in [-0.15, -0.1) is 0 Å². The van der Waals surface area contributed by atoms with E-state index in [1.54, 1.807) is 60.6 Å². The van der Waals surface area contributed by atoms with Gasteiger partial charge < -0.3 is 19.1 Å². The fourth-order valence-corrected chi connectivity index (χ4v) is 2.77. The molecule has 0 radical (unpaired) electrons. The fourth-order valence-electron chi connectivity index (χ4n) is 2.77. The molecule has 0 aliphatic carbocycles. The third-order valence-electron chi connectivity index (χ3n) is 4.30. The number of Topliss-reactive ketones (excluding diaryl/α,β-unsaturated/α-hetero) is 1. The summed E-state index contributed by atoms with van der Waals surface area (Å²) in [5.41, 5.74) is 1.06. The smallest absolute Gasteiger partial charge is 0.415 e. The van der Waals surface area contributed by atoms with Gasteiger partial charge in [-0.3, -0.25) is 4.79 Å². The van der Waals surface area contributed by atoms with Crippen molar-refractivity contribution < 1.29 is 23.8 Å². The molecule has 1 aliphatic rings. The standard InChI is InChI=1S/C21H21NO5/c1-4-22(5-2)21(24)27-17-9-7-6-8-14(17)12-19-20(23)16-11-10-15(25-3)13-18(16)26-19/h6-13H,4-5H2,1-3H3/b19-12-. The van der Waals surface area contributed by atoms with Crippen molar-refractivity contribution in [3.63, 3.8) is 0 Å². The normalized spacial score (nSPS) is 13.9. The van der Waals surface area contributed by atoms with Gasteiger partial charge in [-0.25, -0.2) is 4.79 Å². The van der Waals surface area contributed by atoms with Gasteiger partial charge in [-0.2, -0.15) is 0 Å². The minimum atomic E-state index is -0.433. The zero-order valence-electron chi connectivity index (χ0n) is 15.5. The molecule has 27 heavy (non-hydrogen) atoms. The molecule has 3 rings (SSSR count). The van der Waals surface area contributed by atoms with Gasteiger partial charge in [0.15, 0.2) is 5.76 Å². The lowest BCUT2D eigenvalue weighted by atomic mass is 10.1. The lowest BCUT2D eigenvalue weighted by molar-refractivity contribution is 0.101. The highest BCUT2D eigenvalue weighted by molar-refractivity contribution is 6.14. The van der Waals surface area contributed by atoms with Crippen LogP contribution in [0.1, 0.15) is 29.8 Å². The summed E-state index contributed by atoms with van der Waals surface area (Å²) in [7, 11) is 1.55. The monoisotopic (exact) mass is 367 g/mol. The second-order valence-electron chi connectivity index (χ2n) is 5.88. The van der Waals surface area contributed by atoms with Crippen LogP contribution in [0.3, 0.4) is 0 Å². The first-order valence-corrected chi connectivity index (χ1v) is 8.75. The molecule has 0 saturated carbocycles. The highest BCUT2D eigenvalue weighted by Crippen LogP contribution is 2.35. The molecule has 2 aromatic rings. The number of para-hydroxylation sites is 1. The molecule has 0 bridgehead atoms. The Balaban J connectivity index is 1.88. The lowest BCUT2D eigenvalue weighted by Crippen LogP contribution is -2.33. The van der Waals surface area contributed by atoms with E-state index in [9.17, 15) is 9.59 Å². The Kier molecular flexibility index (Phi) is 5.45. The fraction of sp³-hybridized carbons (Fsp3) is 0.238. The summed E-state index contributed by atoms with van der Waals surface area (Å²) in [4.78, 5) is 26.4. The molecule has 6 heteroatoms. The van der Waals surface area contributed by atoms with Gasteiger partial charge in [0.25, 0.3) is 0 Å². The molecule has 0 spiro atoms. The number of ketones is 1. The van der Waals surface area contributed by atoms with Crippen LogP contribution < -0.4 is 14.2 Å². The maximum Gasteiger partial charge on any atom is 0.415 e. The average Bonchev–Trinajstić information content (AvgIpc) is 2.99. The van der Waals surface area contributed by atoms with E-state index in [0.717, 1.165) is 0 Å². The van der Waals surface area contributed by atoms with Gasteiger partial charge in [0.05, 0.1) is 12.7 Å². The first-order valence-electron chi connectivity index (χ1n) is 8.75. The van der Waals surface area contributed by atoms with Crippen LogP contribution in [0.25, 0.3) is 6.08 Å². The Morgan fingerprint density at radius 1 is 1.15 bits per heavy atom. The molecule has 0 saturated heterocycles. The molecule has 0 fully saturated rings. The van der Waals surface area contributed by atoms with Gasteiger partial charge in [-0.1, -0.05) is 18.2 Å². The summed E-state index contributed by atoms with van der Waals surface area (Å²) < 4.78 is 16.4. The van der Waals surface area contributed by atoms with E-state index in [0.29, 0.717) is 41.5 Å². The zero-order chi connectivity index (χ0) is 19.4. The van der Waals surface area contributed by atoms with Gasteiger partial charge in [-0.05, 0) is 38.1 Å². The molecule has 2 aromatic carbocycles. The molecule has 140 valence electrons. The van der Waals surface area contributed by atoms with Crippen LogP contribution in [0.15, 0.2) is 48.2 Å². The minimum Gasteiger partial charge on any atom is -0.497 e. The molecular formula is C21H21NO5. The summed E-state index contributed by atoms with van der Waals surface area (Å²) in [5, 5.41) is 0. The van der Waals surface area contributed by atoms with E-state index < -0.39 is 6.09 Å². The zero-order valence-corrected chi connectivity index (χ0v) is 15.5. The van der Waals surface area contributed by atoms with Crippen LogP contribution in [0.2, 0.25) is 0 Å². The number of hydrogen-bond acceptors (Lipinski definition) is 5. The number of fused-ring (bicyclic) bond motifs is 1. The molecule has 1 heterocycles. The number of nitrogens with zero attached hydrogens (tertiary/aromatic N) is 1. The van der Waals surface area contributed by atoms with Gasteiger partial charge in [0.1, 0.15) is 17.2 Å². The third-order valence-corrected chi connectivity index (χ3v) is 4.30. The van der Waals surface area contributed by atoms with Crippen molar-refractivity contribution >= 4 is 18.0 Å². The van der Waals surface area contributed by atoms with Crippen LogP contribution in [-0.2, 0) is 0 Å². The number of carbonyl (C=O) groups excluding carboxylic acids is 2.